The van der Waals surface area contributed by atoms with Gasteiger partial charge in [-0.25, -0.2) is 18.7 Å². The number of aromatic nitrogens is 2. The molecule has 1 aliphatic carbocycles. The lowest BCUT2D eigenvalue weighted by molar-refractivity contribution is 0.509. The van der Waals surface area contributed by atoms with Crippen molar-refractivity contribution in [1.29, 1.82) is 0 Å². The molecule has 3 aromatic rings. The van der Waals surface area contributed by atoms with Crippen LogP contribution in [0.4, 0.5) is 14.7 Å². The van der Waals surface area contributed by atoms with Crippen molar-refractivity contribution >= 4 is 5.95 Å². The van der Waals surface area contributed by atoms with Gasteiger partial charge in [-0.05, 0) is 36.6 Å². The molecule has 0 bridgehead atoms. The Hall–Kier alpha value is -2.82. The van der Waals surface area contributed by atoms with Gasteiger partial charge in [0.15, 0.2) is 11.6 Å². The number of benzene rings is 2. The SMILES string of the molecule is Nc1nc(-c2ccc(F)c(F)c2)c2c(n1)-c1ccccc1CC2. The third kappa shape index (κ3) is 2.25. The third-order valence-corrected chi connectivity index (χ3v) is 4.13. The molecule has 1 heterocycles. The van der Waals surface area contributed by atoms with Crippen molar-refractivity contribution in [2.24, 2.45) is 0 Å². The standard InChI is InChI=1S/C18H13F2N3/c19-14-8-6-11(9-15(14)20)16-13-7-5-10-3-1-2-4-12(10)17(13)23-18(21)22-16/h1-4,6,8-9H,5,7H2,(H2,21,22,23). The van der Waals surface area contributed by atoms with E-state index in [9.17, 15) is 8.78 Å². The highest BCUT2D eigenvalue weighted by Crippen LogP contribution is 2.37. The highest BCUT2D eigenvalue weighted by Gasteiger charge is 2.22. The molecule has 0 spiro atoms. The molecule has 2 N–H and O–H groups in total. The van der Waals surface area contributed by atoms with Crippen LogP contribution in [-0.4, -0.2) is 9.97 Å². The lowest BCUT2D eigenvalue weighted by Gasteiger charge is -2.21. The summed E-state index contributed by atoms with van der Waals surface area (Å²) in [6, 6.07) is 11.8. The molecule has 4 rings (SSSR count). The Kier molecular flexibility index (Phi) is 3.08. The highest BCUT2D eigenvalue weighted by molar-refractivity contribution is 5.78. The van der Waals surface area contributed by atoms with Crippen LogP contribution in [0.5, 0.6) is 0 Å². The van der Waals surface area contributed by atoms with E-state index in [1.807, 2.05) is 18.2 Å². The Morgan fingerprint density at radius 3 is 2.48 bits per heavy atom. The van der Waals surface area contributed by atoms with Crippen LogP contribution in [-0.2, 0) is 12.8 Å². The Balaban J connectivity index is 1.97. The fourth-order valence-electron chi connectivity index (χ4n) is 3.07. The minimum Gasteiger partial charge on any atom is -0.368 e. The Morgan fingerprint density at radius 2 is 1.65 bits per heavy atom. The average molecular weight is 309 g/mol. The molecule has 2 aromatic carbocycles. The number of nitrogens with two attached hydrogens (primary N) is 1. The van der Waals surface area contributed by atoms with Gasteiger partial charge < -0.3 is 5.73 Å². The van der Waals surface area contributed by atoms with Crippen molar-refractivity contribution in [2.75, 3.05) is 5.73 Å². The van der Waals surface area contributed by atoms with E-state index >= 15 is 0 Å². The minimum atomic E-state index is -0.898. The molecule has 0 atom stereocenters. The summed E-state index contributed by atoms with van der Waals surface area (Å²) in [5.74, 6) is -1.65. The van der Waals surface area contributed by atoms with Gasteiger partial charge in [-0.15, -0.1) is 0 Å². The van der Waals surface area contributed by atoms with Crippen LogP contribution in [0.1, 0.15) is 11.1 Å². The number of aryl methyl sites for hydroxylation is 1. The van der Waals surface area contributed by atoms with Crippen LogP contribution < -0.4 is 5.73 Å². The number of hydrogen-bond donors (Lipinski definition) is 1. The zero-order chi connectivity index (χ0) is 16.0. The molecule has 0 aliphatic heterocycles. The zero-order valence-corrected chi connectivity index (χ0v) is 12.2. The van der Waals surface area contributed by atoms with Gasteiger partial charge in [0.05, 0.1) is 11.4 Å². The van der Waals surface area contributed by atoms with Crippen LogP contribution in [0.25, 0.3) is 22.5 Å². The number of nitrogens with zero attached hydrogens (tertiary/aromatic N) is 2. The summed E-state index contributed by atoms with van der Waals surface area (Å²) in [4.78, 5) is 8.66. The van der Waals surface area contributed by atoms with Gasteiger partial charge in [0, 0.05) is 16.7 Å². The van der Waals surface area contributed by atoms with Crippen molar-refractivity contribution in [3.63, 3.8) is 0 Å². The molecule has 5 heteroatoms. The predicted molar refractivity (Wildman–Crippen MR) is 84.6 cm³/mol. The third-order valence-electron chi connectivity index (χ3n) is 4.13. The van der Waals surface area contributed by atoms with Gasteiger partial charge in [-0.1, -0.05) is 24.3 Å². The normalized spacial score (nSPS) is 12.6. The predicted octanol–water partition coefficient (Wildman–Crippen LogP) is 3.77. The second-order valence-corrected chi connectivity index (χ2v) is 5.54. The fourth-order valence-corrected chi connectivity index (χ4v) is 3.07. The van der Waals surface area contributed by atoms with E-state index in [4.69, 9.17) is 5.73 Å². The molecule has 0 saturated carbocycles. The molecular weight excluding hydrogens is 296 g/mol. The van der Waals surface area contributed by atoms with E-state index in [1.54, 1.807) is 0 Å². The Morgan fingerprint density at radius 1 is 0.870 bits per heavy atom. The second kappa shape index (κ2) is 5.12. The molecule has 114 valence electrons. The molecule has 0 radical (unpaired) electrons. The number of hydrogen-bond acceptors (Lipinski definition) is 3. The van der Waals surface area contributed by atoms with Crippen LogP contribution in [0.2, 0.25) is 0 Å². The van der Waals surface area contributed by atoms with Gasteiger partial charge in [-0.2, -0.15) is 0 Å². The van der Waals surface area contributed by atoms with Gasteiger partial charge in [0.1, 0.15) is 0 Å². The van der Waals surface area contributed by atoms with Gasteiger partial charge in [0.2, 0.25) is 5.95 Å². The minimum absolute atomic E-state index is 0.125. The number of halogens is 2. The summed E-state index contributed by atoms with van der Waals surface area (Å²) in [6.07, 6.45) is 1.59. The number of nitrogen functional groups attached to an aromatic ring is 1. The van der Waals surface area contributed by atoms with Crippen LogP contribution in [0, 0.1) is 11.6 Å². The van der Waals surface area contributed by atoms with E-state index in [-0.39, 0.29) is 5.95 Å². The van der Waals surface area contributed by atoms with Gasteiger partial charge >= 0.3 is 0 Å². The Labute approximate surface area is 131 Å². The first kappa shape index (κ1) is 13.8. The molecular formula is C18H13F2N3. The molecule has 23 heavy (non-hydrogen) atoms. The lowest BCUT2D eigenvalue weighted by atomic mass is 9.87. The lowest BCUT2D eigenvalue weighted by Crippen LogP contribution is -2.11. The average Bonchev–Trinajstić information content (AvgIpc) is 2.56. The summed E-state index contributed by atoms with van der Waals surface area (Å²) in [5, 5.41) is 0. The van der Waals surface area contributed by atoms with Crippen molar-refractivity contribution in [2.45, 2.75) is 12.8 Å². The molecule has 0 unspecified atom stereocenters. The highest BCUT2D eigenvalue weighted by atomic mass is 19.2. The van der Waals surface area contributed by atoms with Gasteiger partial charge in [-0.3, -0.25) is 0 Å². The fraction of sp³-hybridized carbons (Fsp3) is 0.111. The molecule has 0 fully saturated rings. The van der Waals surface area contributed by atoms with E-state index in [2.05, 4.69) is 16.0 Å². The zero-order valence-electron chi connectivity index (χ0n) is 12.2. The maximum absolute atomic E-state index is 13.6. The maximum Gasteiger partial charge on any atom is 0.221 e. The summed E-state index contributed by atoms with van der Waals surface area (Å²) in [6.45, 7) is 0. The molecule has 3 nitrogen and oxygen atoms in total. The second-order valence-electron chi connectivity index (χ2n) is 5.54. The summed E-state index contributed by atoms with van der Waals surface area (Å²) in [5.41, 5.74) is 10.9. The van der Waals surface area contributed by atoms with E-state index < -0.39 is 11.6 Å². The van der Waals surface area contributed by atoms with Crippen LogP contribution in [0.15, 0.2) is 42.5 Å². The molecule has 0 saturated heterocycles. The van der Waals surface area contributed by atoms with E-state index in [0.29, 0.717) is 11.3 Å². The molecule has 0 amide bonds. The molecule has 1 aromatic heterocycles. The van der Waals surface area contributed by atoms with E-state index in [0.717, 1.165) is 41.8 Å². The number of rotatable bonds is 1. The van der Waals surface area contributed by atoms with Gasteiger partial charge in [0.25, 0.3) is 0 Å². The van der Waals surface area contributed by atoms with Crippen molar-refractivity contribution in [1.82, 2.24) is 9.97 Å². The largest absolute Gasteiger partial charge is 0.368 e. The monoisotopic (exact) mass is 309 g/mol. The molecule has 1 aliphatic rings. The summed E-state index contributed by atoms with van der Waals surface area (Å²) in [7, 11) is 0. The van der Waals surface area contributed by atoms with Crippen LogP contribution in [0.3, 0.4) is 0 Å². The first-order chi connectivity index (χ1) is 11.1. The number of anilines is 1. The number of fused-ring (bicyclic) bond motifs is 3. The summed E-state index contributed by atoms with van der Waals surface area (Å²) >= 11 is 0. The Bertz CT molecular complexity index is 922. The topological polar surface area (TPSA) is 51.8 Å². The van der Waals surface area contributed by atoms with Crippen LogP contribution >= 0.6 is 0 Å². The first-order valence-corrected chi connectivity index (χ1v) is 7.33. The first-order valence-electron chi connectivity index (χ1n) is 7.33. The van der Waals surface area contributed by atoms with Crippen molar-refractivity contribution in [3.05, 3.63) is 65.2 Å². The quantitative estimate of drug-likeness (QED) is 0.744. The van der Waals surface area contributed by atoms with Crippen molar-refractivity contribution < 1.29 is 8.78 Å². The van der Waals surface area contributed by atoms with E-state index in [1.165, 1.54) is 11.6 Å². The summed E-state index contributed by atoms with van der Waals surface area (Å²) < 4.78 is 26.8. The maximum atomic E-state index is 13.6. The van der Waals surface area contributed by atoms with Crippen molar-refractivity contribution in [3.8, 4) is 22.5 Å². The smallest absolute Gasteiger partial charge is 0.221 e.